The molecule has 0 saturated carbocycles. The maximum atomic E-state index is 13.7. The molecule has 88 valence electrons. The third kappa shape index (κ3) is 2.19. The van der Waals surface area contributed by atoms with Crippen LogP contribution in [0.15, 0.2) is 12.1 Å². The first kappa shape index (κ1) is 11.4. The van der Waals surface area contributed by atoms with E-state index in [4.69, 9.17) is 4.74 Å². The molecule has 1 heterocycles. The van der Waals surface area contributed by atoms with Gasteiger partial charge in [-0.1, -0.05) is 6.07 Å². The van der Waals surface area contributed by atoms with E-state index in [9.17, 15) is 4.39 Å². The number of aryl methyl sites for hydroxylation is 1. The van der Waals surface area contributed by atoms with Crippen LogP contribution in [0.5, 0.6) is 5.75 Å². The molecule has 0 aliphatic carbocycles. The smallest absolute Gasteiger partial charge is 0.165 e. The second-order valence-electron chi connectivity index (χ2n) is 4.38. The largest absolute Gasteiger partial charge is 0.493 e. The Morgan fingerprint density at radius 3 is 2.56 bits per heavy atom. The van der Waals surface area contributed by atoms with Crippen LogP contribution in [0.1, 0.15) is 29.9 Å². The lowest BCUT2D eigenvalue weighted by Crippen LogP contribution is -2.26. The highest BCUT2D eigenvalue weighted by atomic mass is 19.1. The van der Waals surface area contributed by atoms with E-state index < -0.39 is 0 Å². The number of halogens is 1. The monoisotopic (exact) mass is 223 g/mol. The van der Waals surface area contributed by atoms with E-state index in [-0.39, 0.29) is 5.82 Å². The third-order valence-electron chi connectivity index (χ3n) is 3.27. The first-order valence-corrected chi connectivity index (χ1v) is 5.77. The van der Waals surface area contributed by atoms with Crippen molar-refractivity contribution in [2.24, 2.45) is 0 Å². The van der Waals surface area contributed by atoms with Gasteiger partial charge in [0.15, 0.2) is 11.6 Å². The second kappa shape index (κ2) is 4.83. The van der Waals surface area contributed by atoms with Gasteiger partial charge in [0, 0.05) is 0 Å². The quantitative estimate of drug-likeness (QED) is 0.832. The molecule has 16 heavy (non-hydrogen) atoms. The van der Waals surface area contributed by atoms with Gasteiger partial charge < -0.3 is 10.1 Å². The van der Waals surface area contributed by atoms with Crippen molar-refractivity contribution in [3.05, 3.63) is 29.1 Å². The SMILES string of the molecule is COc1c(C)cc(C2CCNCC2)cc1F. The highest BCUT2D eigenvalue weighted by Gasteiger charge is 2.18. The summed E-state index contributed by atoms with van der Waals surface area (Å²) in [6.07, 6.45) is 2.18. The minimum Gasteiger partial charge on any atom is -0.493 e. The molecular formula is C13H18FNO. The van der Waals surface area contributed by atoms with Crippen molar-refractivity contribution < 1.29 is 9.13 Å². The van der Waals surface area contributed by atoms with Crippen molar-refractivity contribution in [3.8, 4) is 5.75 Å². The fraction of sp³-hybridized carbons (Fsp3) is 0.538. The summed E-state index contributed by atoms with van der Waals surface area (Å²) in [6.45, 7) is 3.95. The molecule has 1 aliphatic rings. The second-order valence-corrected chi connectivity index (χ2v) is 4.38. The lowest BCUT2D eigenvalue weighted by molar-refractivity contribution is 0.381. The number of methoxy groups -OCH3 is 1. The molecule has 3 heteroatoms. The Kier molecular flexibility index (Phi) is 3.44. The van der Waals surface area contributed by atoms with Crippen molar-refractivity contribution in [1.29, 1.82) is 0 Å². The van der Waals surface area contributed by atoms with Gasteiger partial charge in [0.1, 0.15) is 0 Å². The summed E-state index contributed by atoms with van der Waals surface area (Å²) in [6, 6.07) is 3.68. The number of rotatable bonds is 2. The van der Waals surface area contributed by atoms with Crippen LogP contribution in [0.25, 0.3) is 0 Å². The number of piperidine rings is 1. The molecule has 0 amide bonds. The molecule has 0 atom stereocenters. The molecule has 1 aliphatic heterocycles. The summed E-state index contributed by atoms with van der Waals surface area (Å²) in [5.41, 5.74) is 1.99. The number of nitrogens with one attached hydrogen (secondary N) is 1. The molecule has 0 bridgehead atoms. The van der Waals surface area contributed by atoms with Gasteiger partial charge in [-0.2, -0.15) is 0 Å². The molecule has 0 unspecified atom stereocenters. The van der Waals surface area contributed by atoms with Crippen molar-refractivity contribution in [3.63, 3.8) is 0 Å². The fourth-order valence-corrected chi connectivity index (χ4v) is 2.41. The van der Waals surface area contributed by atoms with E-state index in [0.29, 0.717) is 11.7 Å². The zero-order chi connectivity index (χ0) is 11.5. The first-order valence-electron chi connectivity index (χ1n) is 5.77. The lowest BCUT2D eigenvalue weighted by atomic mass is 9.89. The van der Waals surface area contributed by atoms with Gasteiger partial charge >= 0.3 is 0 Å². The van der Waals surface area contributed by atoms with Gasteiger partial charge in [-0.25, -0.2) is 4.39 Å². The Balaban J connectivity index is 2.28. The summed E-state index contributed by atoms with van der Waals surface area (Å²) in [4.78, 5) is 0. The molecule has 0 spiro atoms. The van der Waals surface area contributed by atoms with Crippen molar-refractivity contribution in [1.82, 2.24) is 5.32 Å². The normalized spacial score (nSPS) is 17.4. The Labute approximate surface area is 95.8 Å². The van der Waals surface area contributed by atoms with E-state index in [1.54, 1.807) is 6.07 Å². The van der Waals surface area contributed by atoms with Crippen LogP contribution in [0.3, 0.4) is 0 Å². The van der Waals surface area contributed by atoms with Gasteiger partial charge in [-0.05, 0) is 56.0 Å². The van der Waals surface area contributed by atoms with Crippen molar-refractivity contribution >= 4 is 0 Å². The lowest BCUT2D eigenvalue weighted by Gasteiger charge is -2.23. The predicted molar refractivity (Wildman–Crippen MR) is 62.5 cm³/mol. The fourth-order valence-electron chi connectivity index (χ4n) is 2.41. The van der Waals surface area contributed by atoms with Crippen LogP contribution in [0, 0.1) is 12.7 Å². The number of hydrogen-bond acceptors (Lipinski definition) is 2. The van der Waals surface area contributed by atoms with E-state index in [1.165, 1.54) is 7.11 Å². The molecule has 1 saturated heterocycles. The van der Waals surface area contributed by atoms with E-state index in [0.717, 1.165) is 37.1 Å². The van der Waals surface area contributed by atoms with Crippen molar-refractivity contribution in [2.75, 3.05) is 20.2 Å². The standard InChI is InChI=1S/C13H18FNO/c1-9-7-11(8-12(14)13(9)16-2)10-3-5-15-6-4-10/h7-8,10,15H,3-6H2,1-2H3. The summed E-state index contributed by atoms with van der Waals surface area (Å²) in [5, 5.41) is 3.32. The zero-order valence-corrected chi connectivity index (χ0v) is 9.85. The van der Waals surface area contributed by atoms with Crippen molar-refractivity contribution in [2.45, 2.75) is 25.7 Å². The topological polar surface area (TPSA) is 21.3 Å². The molecule has 1 N–H and O–H groups in total. The molecular weight excluding hydrogens is 205 g/mol. The highest BCUT2D eigenvalue weighted by molar-refractivity contribution is 5.39. The molecule has 0 radical (unpaired) electrons. The summed E-state index contributed by atoms with van der Waals surface area (Å²) in [7, 11) is 1.51. The Morgan fingerprint density at radius 2 is 2.00 bits per heavy atom. The molecule has 1 aromatic carbocycles. The van der Waals surface area contributed by atoms with Crippen LogP contribution in [0.2, 0.25) is 0 Å². The molecule has 2 nitrogen and oxygen atoms in total. The van der Waals surface area contributed by atoms with E-state index in [2.05, 4.69) is 11.4 Å². The molecule has 1 fully saturated rings. The third-order valence-corrected chi connectivity index (χ3v) is 3.27. The Bertz CT molecular complexity index is 349. The van der Waals surface area contributed by atoms with Crippen LogP contribution in [0.4, 0.5) is 4.39 Å². The van der Waals surface area contributed by atoms with E-state index >= 15 is 0 Å². The maximum absolute atomic E-state index is 13.7. The Hall–Kier alpha value is -1.09. The minimum atomic E-state index is -0.240. The summed E-state index contributed by atoms with van der Waals surface area (Å²) < 4.78 is 18.8. The van der Waals surface area contributed by atoms with Gasteiger partial charge in [-0.3, -0.25) is 0 Å². The minimum absolute atomic E-state index is 0.240. The maximum Gasteiger partial charge on any atom is 0.165 e. The van der Waals surface area contributed by atoms with Gasteiger partial charge in [0.25, 0.3) is 0 Å². The van der Waals surface area contributed by atoms with Gasteiger partial charge in [-0.15, -0.1) is 0 Å². The first-order chi connectivity index (χ1) is 7.72. The van der Waals surface area contributed by atoms with Crippen LogP contribution < -0.4 is 10.1 Å². The Morgan fingerprint density at radius 1 is 1.31 bits per heavy atom. The molecule has 0 aromatic heterocycles. The van der Waals surface area contributed by atoms with E-state index in [1.807, 2.05) is 6.92 Å². The molecule has 2 rings (SSSR count). The van der Waals surface area contributed by atoms with Gasteiger partial charge in [0.2, 0.25) is 0 Å². The number of benzene rings is 1. The summed E-state index contributed by atoms with van der Waals surface area (Å²) >= 11 is 0. The number of hydrogen-bond donors (Lipinski definition) is 1. The highest BCUT2D eigenvalue weighted by Crippen LogP contribution is 2.31. The number of ether oxygens (including phenoxy) is 1. The van der Waals surface area contributed by atoms with Crippen LogP contribution in [-0.4, -0.2) is 20.2 Å². The zero-order valence-electron chi connectivity index (χ0n) is 9.85. The average molecular weight is 223 g/mol. The summed E-state index contributed by atoms with van der Waals surface area (Å²) in [5.74, 6) is 0.620. The molecule has 1 aromatic rings. The van der Waals surface area contributed by atoms with Gasteiger partial charge in [0.05, 0.1) is 7.11 Å². The average Bonchev–Trinajstić information content (AvgIpc) is 2.30. The van der Waals surface area contributed by atoms with Crippen LogP contribution >= 0.6 is 0 Å². The predicted octanol–water partition coefficient (Wildman–Crippen LogP) is 2.61. The van der Waals surface area contributed by atoms with Crippen LogP contribution in [-0.2, 0) is 0 Å².